The van der Waals surface area contributed by atoms with Gasteiger partial charge in [0.05, 0.1) is 6.42 Å². The molecule has 0 aromatic carbocycles. The first-order chi connectivity index (χ1) is 8.28. The second-order valence-electron chi connectivity index (χ2n) is 5.60. The zero-order valence-corrected chi connectivity index (χ0v) is 11.7. The van der Waals surface area contributed by atoms with E-state index in [1.807, 2.05) is 0 Å². The minimum atomic E-state index is -0.888. The fraction of sp³-hybridized carbons (Fsp3) is 0.833. The van der Waals surface area contributed by atoms with Crippen molar-refractivity contribution in [2.45, 2.75) is 45.6 Å². The number of hydrogen-bond donors (Lipinski definition) is 2. The van der Waals surface area contributed by atoms with Gasteiger partial charge < -0.3 is 10.4 Å². The minimum absolute atomic E-state index is 0.0187. The zero-order chi connectivity index (χ0) is 13.8. The largest absolute Gasteiger partial charge is 0.481 e. The number of nitrogens with one attached hydrogen (secondary N) is 1. The third-order valence-electron chi connectivity index (χ3n) is 3.02. The monoisotopic (exact) mass is 275 g/mol. The number of carboxylic acid groups (broad SMARTS) is 1. The molecule has 0 spiro atoms. The van der Waals surface area contributed by atoms with Gasteiger partial charge in [0, 0.05) is 34.8 Å². The van der Waals surface area contributed by atoms with Crippen LogP contribution in [-0.2, 0) is 20.4 Å². The maximum atomic E-state index is 11.8. The molecule has 1 aliphatic rings. The molecule has 6 heteroatoms. The van der Waals surface area contributed by atoms with Crippen LogP contribution in [0.5, 0.6) is 0 Å². The summed E-state index contributed by atoms with van der Waals surface area (Å²) in [5.41, 5.74) is -0.534. The molecule has 0 unspecified atom stereocenters. The van der Waals surface area contributed by atoms with Gasteiger partial charge in [0.2, 0.25) is 5.91 Å². The van der Waals surface area contributed by atoms with Gasteiger partial charge in [-0.15, -0.1) is 0 Å². The molecular formula is C12H21NO4S. The molecule has 0 radical (unpaired) electrons. The van der Waals surface area contributed by atoms with Gasteiger partial charge in [0.1, 0.15) is 0 Å². The quantitative estimate of drug-likeness (QED) is 0.781. The predicted molar refractivity (Wildman–Crippen MR) is 69.7 cm³/mol. The van der Waals surface area contributed by atoms with Crippen molar-refractivity contribution in [3.63, 3.8) is 0 Å². The minimum Gasteiger partial charge on any atom is -0.481 e. The summed E-state index contributed by atoms with van der Waals surface area (Å²) in [4.78, 5) is 22.5. The molecule has 0 aromatic heterocycles. The van der Waals surface area contributed by atoms with Crippen LogP contribution in [0, 0.1) is 5.41 Å². The van der Waals surface area contributed by atoms with Crippen molar-refractivity contribution in [2.24, 2.45) is 5.41 Å². The van der Waals surface area contributed by atoms with Crippen LogP contribution in [-0.4, -0.2) is 38.7 Å². The lowest BCUT2D eigenvalue weighted by molar-refractivity contribution is -0.139. The van der Waals surface area contributed by atoms with Crippen LogP contribution in [0.15, 0.2) is 0 Å². The second kappa shape index (κ2) is 6.31. The predicted octanol–water partition coefficient (Wildman–Crippen LogP) is 0.905. The van der Waals surface area contributed by atoms with E-state index in [0.29, 0.717) is 11.5 Å². The molecule has 1 fully saturated rings. The molecule has 0 aliphatic carbocycles. The lowest BCUT2D eigenvalue weighted by Crippen LogP contribution is -2.41. The van der Waals surface area contributed by atoms with Crippen molar-refractivity contribution in [1.82, 2.24) is 5.32 Å². The molecule has 104 valence electrons. The first kappa shape index (κ1) is 15.1. The molecule has 2 N–H and O–H groups in total. The van der Waals surface area contributed by atoms with Crippen molar-refractivity contribution >= 4 is 22.7 Å². The summed E-state index contributed by atoms with van der Waals surface area (Å²) in [5.74, 6) is 0.284. The highest BCUT2D eigenvalue weighted by atomic mass is 32.2. The van der Waals surface area contributed by atoms with Crippen LogP contribution in [0.1, 0.15) is 39.5 Å². The van der Waals surface area contributed by atoms with Gasteiger partial charge in [-0.25, -0.2) is 0 Å². The number of carboxylic acids is 1. The Bertz CT molecular complexity index is 344. The maximum absolute atomic E-state index is 11.8. The van der Waals surface area contributed by atoms with Gasteiger partial charge in [-0.3, -0.25) is 13.8 Å². The number of rotatable bonds is 5. The molecule has 0 bridgehead atoms. The Kier molecular flexibility index (Phi) is 5.31. The maximum Gasteiger partial charge on any atom is 0.303 e. The fourth-order valence-corrected chi connectivity index (χ4v) is 3.42. The average molecular weight is 275 g/mol. The molecule has 5 nitrogen and oxygen atoms in total. The highest BCUT2D eigenvalue weighted by Gasteiger charge is 2.27. The second-order valence-corrected chi connectivity index (χ2v) is 7.30. The van der Waals surface area contributed by atoms with E-state index in [1.54, 1.807) is 13.8 Å². The van der Waals surface area contributed by atoms with E-state index in [1.165, 1.54) is 0 Å². The van der Waals surface area contributed by atoms with Gasteiger partial charge in [-0.2, -0.15) is 0 Å². The Labute approximate surface area is 110 Å². The number of hydrogen-bond acceptors (Lipinski definition) is 3. The molecule has 0 aromatic rings. The molecular weight excluding hydrogens is 254 g/mol. The number of carbonyl (C=O) groups excluding carboxylic acids is 1. The third-order valence-corrected chi connectivity index (χ3v) is 4.40. The van der Waals surface area contributed by atoms with E-state index in [-0.39, 0.29) is 24.8 Å². The van der Waals surface area contributed by atoms with E-state index in [0.717, 1.165) is 12.8 Å². The van der Waals surface area contributed by atoms with Gasteiger partial charge in [0.25, 0.3) is 0 Å². The van der Waals surface area contributed by atoms with Crippen LogP contribution in [0.25, 0.3) is 0 Å². The molecule has 1 aliphatic heterocycles. The van der Waals surface area contributed by atoms with Crippen molar-refractivity contribution in [3.05, 3.63) is 0 Å². The highest BCUT2D eigenvalue weighted by Crippen LogP contribution is 2.25. The first-order valence-corrected chi connectivity index (χ1v) is 7.63. The van der Waals surface area contributed by atoms with Crippen LogP contribution >= 0.6 is 0 Å². The highest BCUT2D eigenvalue weighted by molar-refractivity contribution is 7.85. The topological polar surface area (TPSA) is 83.5 Å². The normalized spacial score (nSPS) is 24.6. The Morgan fingerprint density at radius 2 is 1.83 bits per heavy atom. The van der Waals surface area contributed by atoms with E-state index in [4.69, 9.17) is 5.11 Å². The summed E-state index contributed by atoms with van der Waals surface area (Å²) in [6, 6.07) is 0.0934. The average Bonchev–Trinajstić information content (AvgIpc) is 2.18. The number of carbonyl (C=O) groups is 2. The summed E-state index contributed by atoms with van der Waals surface area (Å²) >= 11 is 0. The first-order valence-electron chi connectivity index (χ1n) is 6.15. The van der Waals surface area contributed by atoms with Gasteiger partial charge >= 0.3 is 5.97 Å². The van der Waals surface area contributed by atoms with Crippen molar-refractivity contribution in [3.8, 4) is 0 Å². The Hall–Kier alpha value is -0.910. The van der Waals surface area contributed by atoms with E-state index >= 15 is 0 Å². The van der Waals surface area contributed by atoms with Gasteiger partial charge in [-0.05, 0) is 18.3 Å². The lowest BCUT2D eigenvalue weighted by Gasteiger charge is -2.26. The Balaban J connectivity index is 2.37. The summed E-state index contributed by atoms with van der Waals surface area (Å²) < 4.78 is 11.2. The summed E-state index contributed by atoms with van der Waals surface area (Å²) in [6.45, 7) is 3.55. The summed E-state index contributed by atoms with van der Waals surface area (Å²) in [5, 5.41) is 11.6. The molecule has 0 saturated carbocycles. The number of aliphatic carboxylic acids is 1. The fourth-order valence-electron chi connectivity index (χ4n) is 2.12. The van der Waals surface area contributed by atoms with Gasteiger partial charge in [0.15, 0.2) is 0 Å². The molecule has 1 saturated heterocycles. The molecule has 1 rings (SSSR count). The Morgan fingerprint density at radius 3 is 2.33 bits per heavy atom. The van der Waals surface area contributed by atoms with E-state index in [2.05, 4.69) is 5.32 Å². The standard InChI is InChI=1S/C12H21NO4S/c1-12(2,8-11(15)16)7-10(14)13-9-3-5-18(17)6-4-9/h9H,3-8H2,1-2H3,(H,13,14)(H,15,16). The number of amides is 1. The third kappa shape index (κ3) is 5.62. The lowest BCUT2D eigenvalue weighted by atomic mass is 9.85. The summed E-state index contributed by atoms with van der Waals surface area (Å²) in [6.07, 6.45) is 1.68. The van der Waals surface area contributed by atoms with E-state index < -0.39 is 22.2 Å². The zero-order valence-electron chi connectivity index (χ0n) is 10.9. The molecule has 18 heavy (non-hydrogen) atoms. The summed E-state index contributed by atoms with van der Waals surface area (Å²) in [7, 11) is -0.732. The SMILES string of the molecule is CC(C)(CC(=O)O)CC(=O)NC1CCS(=O)CC1. The molecule has 1 amide bonds. The van der Waals surface area contributed by atoms with Crippen molar-refractivity contribution in [1.29, 1.82) is 0 Å². The smallest absolute Gasteiger partial charge is 0.303 e. The van der Waals surface area contributed by atoms with Crippen LogP contribution in [0.3, 0.4) is 0 Å². The van der Waals surface area contributed by atoms with Gasteiger partial charge in [-0.1, -0.05) is 13.8 Å². The van der Waals surface area contributed by atoms with Crippen LogP contribution < -0.4 is 5.32 Å². The molecule has 0 atom stereocenters. The van der Waals surface area contributed by atoms with Crippen molar-refractivity contribution in [2.75, 3.05) is 11.5 Å². The Morgan fingerprint density at radius 1 is 1.28 bits per heavy atom. The van der Waals surface area contributed by atoms with Crippen molar-refractivity contribution < 1.29 is 18.9 Å². The van der Waals surface area contributed by atoms with E-state index in [9.17, 15) is 13.8 Å². The van der Waals surface area contributed by atoms with Crippen LogP contribution in [0.4, 0.5) is 0 Å². The van der Waals surface area contributed by atoms with Crippen LogP contribution in [0.2, 0.25) is 0 Å². The molecule has 1 heterocycles.